The number of para-hydroxylation sites is 1. The van der Waals surface area contributed by atoms with Gasteiger partial charge in [0.05, 0.1) is 16.9 Å². The summed E-state index contributed by atoms with van der Waals surface area (Å²) in [6.45, 7) is 11.8. The summed E-state index contributed by atoms with van der Waals surface area (Å²) < 4.78 is 12.6. The first kappa shape index (κ1) is 31.0. The molecular weight excluding hydrogens is 703 g/mol. The van der Waals surface area contributed by atoms with Crippen LogP contribution >= 0.6 is 0 Å². The number of hydrogen-bond donors (Lipinski definition) is 1. The summed E-state index contributed by atoms with van der Waals surface area (Å²) in [7, 11) is 0. The van der Waals surface area contributed by atoms with Crippen LogP contribution in [0, 0.1) is 6.07 Å². The van der Waals surface area contributed by atoms with Gasteiger partial charge < -0.3 is 13.9 Å². The molecule has 0 fully saturated rings. The van der Waals surface area contributed by atoms with Gasteiger partial charge in [0.15, 0.2) is 11.4 Å². The average Bonchev–Trinajstić information content (AvgIpc) is 3.53. The second-order valence-corrected chi connectivity index (χ2v) is 10.9. The Kier molecular flexibility index (Phi) is 9.50. The van der Waals surface area contributed by atoms with Gasteiger partial charge in [-0.2, -0.15) is 0 Å². The second kappa shape index (κ2) is 12.9. The van der Waals surface area contributed by atoms with Crippen molar-refractivity contribution in [3.8, 4) is 22.6 Å². The van der Waals surface area contributed by atoms with E-state index in [1.165, 1.54) is 36.6 Å². The summed E-state index contributed by atoms with van der Waals surface area (Å²) in [5.41, 5.74) is 8.78. The van der Waals surface area contributed by atoms with Crippen molar-refractivity contribution >= 4 is 38.8 Å². The molecule has 5 nitrogen and oxygen atoms in total. The summed E-state index contributed by atoms with van der Waals surface area (Å²) in [5.74, 6) is 1.60. The van der Waals surface area contributed by atoms with Gasteiger partial charge in [0.1, 0.15) is 11.3 Å². The van der Waals surface area contributed by atoms with Crippen molar-refractivity contribution in [2.45, 2.75) is 53.4 Å². The number of furan rings is 2. The Morgan fingerprint density at radius 2 is 1.55 bits per heavy atom. The van der Waals surface area contributed by atoms with Gasteiger partial charge in [-0.15, -0.1) is 18.2 Å². The molecule has 1 radical (unpaired) electrons. The number of fused-ring (bicyclic) bond motifs is 4. The van der Waals surface area contributed by atoms with Crippen LogP contribution in [0.5, 0.6) is 0 Å². The Morgan fingerprint density at radius 1 is 0.857 bits per heavy atom. The van der Waals surface area contributed by atoms with Gasteiger partial charge >= 0.3 is 0 Å². The molecule has 42 heavy (non-hydrogen) atoms. The van der Waals surface area contributed by atoms with E-state index in [4.69, 9.17) is 18.9 Å². The third kappa shape index (κ3) is 6.25. The standard InChI is InChI=1S/C31H26NO2.C5H8O2.Ir/c1-18(2)20-10-7-11-21(19(3)4)30(20)29-17-26-28(33-29)16-15-25(32-26)24-13-8-12-23-22-9-5-6-14-27(22)34-31(23)24;1-4(6)3-5(2)7;/h5-12,14-19H,1-4H3;3,6H,1-2H3;/q-1;;/b;4-3-;. The molecule has 0 saturated carbocycles. The Bertz CT molecular complexity index is 1880. The predicted octanol–water partition coefficient (Wildman–Crippen LogP) is 10.1. The van der Waals surface area contributed by atoms with Crippen LogP contribution in [0.15, 0.2) is 93.5 Å². The molecule has 217 valence electrons. The van der Waals surface area contributed by atoms with Gasteiger partial charge in [-0.05, 0) is 54.6 Å². The number of aromatic nitrogens is 1. The zero-order valence-corrected chi connectivity index (χ0v) is 27.0. The van der Waals surface area contributed by atoms with Crippen molar-refractivity contribution in [1.82, 2.24) is 4.98 Å². The first-order valence-corrected chi connectivity index (χ1v) is 13.9. The van der Waals surface area contributed by atoms with Crippen LogP contribution in [0.4, 0.5) is 0 Å². The molecule has 6 aromatic rings. The number of nitrogens with zero attached hydrogens (tertiary/aromatic N) is 1. The zero-order valence-electron chi connectivity index (χ0n) is 24.6. The van der Waals surface area contributed by atoms with E-state index < -0.39 is 0 Å². The molecule has 0 saturated heterocycles. The number of hydrogen-bond acceptors (Lipinski definition) is 5. The molecule has 0 aliphatic heterocycles. The number of pyridine rings is 1. The fraction of sp³-hybridized carbons (Fsp3) is 0.222. The molecule has 6 heteroatoms. The maximum atomic E-state index is 10.0. The molecule has 3 heterocycles. The number of carbonyl (C=O) groups is 1. The van der Waals surface area contributed by atoms with Gasteiger partial charge in [-0.25, -0.2) is 0 Å². The van der Waals surface area contributed by atoms with Gasteiger partial charge in [-0.1, -0.05) is 81.1 Å². The molecule has 3 aromatic heterocycles. The van der Waals surface area contributed by atoms with Crippen molar-refractivity contribution < 1.29 is 38.8 Å². The number of benzene rings is 3. The van der Waals surface area contributed by atoms with Crippen LogP contribution < -0.4 is 0 Å². The molecule has 1 N–H and O–H groups in total. The summed E-state index contributed by atoms with van der Waals surface area (Å²) in [5, 5.41) is 10.5. The second-order valence-electron chi connectivity index (χ2n) is 10.9. The van der Waals surface area contributed by atoms with Crippen LogP contribution in [0.1, 0.15) is 64.5 Å². The largest absolute Gasteiger partial charge is 0.512 e. The minimum absolute atomic E-state index is 0. The Labute approximate surface area is 259 Å². The van der Waals surface area contributed by atoms with E-state index in [2.05, 4.69) is 70.2 Å². The summed E-state index contributed by atoms with van der Waals surface area (Å²) >= 11 is 0. The van der Waals surface area contributed by atoms with E-state index in [0.29, 0.717) is 11.8 Å². The van der Waals surface area contributed by atoms with Crippen LogP contribution in [-0.4, -0.2) is 15.9 Å². The molecule has 0 unspecified atom stereocenters. The number of aliphatic hydroxyl groups excluding tert-OH is 1. The third-order valence-corrected chi connectivity index (χ3v) is 7.00. The first-order valence-electron chi connectivity index (χ1n) is 13.9. The van der Waals surface area contributed by atoms with Crippen LogP contribution in [0.25, 0.3) is 55.6 Å². The number of ketones is 1. The molecule has 6 rings (SSSR count). The molecule has 0 aliphatic rings. The van der Waals surface area contributed by atoms with Crippen molar-refractivity contribution in [2.75, 3.05) is 0 Å². The number of rotatable bonds is 5. The number of aliphatic hydroxyl groups is 1. The van der Waals surface area contributed by atoms with E-state index in [9.17, 15) is 4.79 Å². The summed E-state index contributed by atoms with van der Waals surface area (Å²) in [6, 6.07) is 28.1. The third-order valence-electron chi connectivity index (χ3n) is 7.00. The smallest absolute Gasteiger partial charge is 0.155 e. The molecule has 0 amide bonds. The fourth-order valence-electron chi connectivity index (χ4n) is 5.20. The average molecular weight is 737 g/mol. The van der Waals surface area contributed by atoms with E-state index >= 15 is 0 Å². The Balaban J connectivity index is 0.000000454. The predicted molar refractivity (Wildman–Crippen MR) is 166 cm³/mol. The topological polar surface area (TPSA) is 76.5 Å². The van der Waals surface area contributed by atoms with Crippen molar-refractivity contribution in [2.24, 2.45) is 0 Å². The molecule has 0 spiro atoms. The molecular formula is C36H34IrNO4-. The maximum Gasteiger partial charge on any atom is 0.155 e. The van der Waals surface area contributed by atoms with Crippen molar-refractivity contribution in [3.63, 3.8) is 0 Å². The van der Waals surface area contributed by atoms with Crippen LogP contribution in [0.3, 0.4) is 0 Å². The van der Waals surface area contributed by atoms with Crippen molar-refractivity contribution in [3.05, 3.63) is 102 Å². The van der Waals surface area contributed by atoms with Gasteiger partial charge in [-0.3, -0.25) is 9.78 Å². The normalized spacial score (nSPS) is 11.7. The molecule has 0 atom stereocenters. The van der Waals surface area contributed by atoms with E-state index in [1.54, 1.807) is 0 Å². The number of allylic oxidation sites excluding steroid dienone is 2. The number of carbonyl (C=O) groups excluding carboxylic acids is 1. The Morgan fingerprint density at radius 3 is 2.17 bits per heavy atom. The van der Waals surface area contributed by atoms with Crippen LogP contribution in [-0.2, 0) is 24.9 Å². The minimum atomic E-state index is -0.125. The quantitative estimate of drug-likeness (QED) is 0.108. The van der Waals surface area contributed by atoms with E-state index in [1.807, 2.05) is 36.4 Å². The first-order chi connectivity index (χ1) is 19.6. The van der Waals surface area contributed by atoms with E-state index in [-0.39, 0.29) is 31.6 Å². The van der Waals surface area contributed by atoms with Gasteiger partial charge in [0.2, 0.25) is 0 Å². The van der Waals surface area contributed by atoms with E-state index in [0.717, 1.165) is 50.1 Å². The maximum absolute atomic E-state index is 10.0. The zero-order chi connectivity index (χ0) is 29.3. The van der Waals surface area contributed by atoms with Crippen LogP contribution in [0.2, 0.25) is 0 Å². The molecule has 0 bridgehead atoms. The summed E-state index contributed by atoms with van der Waals surface area (Å²) in [6.07, 6.45) is 1.17. The summed E-state index contributed by atoms with van der Waals surface area (Å²) in [4.78, 5) is 15.0. The molecule has 3 aromatic carbocycles. The SMILES string of the molecule is CC(=O)/C=C(/C)O.CC(C)c1cccc(C(C)C)c1-c1cc2nc(-c3[c-]ccc4c3oc3ccccc34)ccc2o1.[Ir]. The molecule has 0 aliphatic carbocycles. The monoisotopic (exact) mass is 737 g/mol. The van der Waals surface area contributed by atoms with Crippen molar-refractivity contribution in [1.29, 1.82) is 0 Å². The minimum Gasteiger partial charge on any atom is -0.512 e. The fourth-order valence-corrected chi connectivity index (χ4v) is 5.20. The Hall–Kier alpha value is -3.99. The van der Waals surface area contributed by atoms with Gasteiger partial charge in [0.25, 0.3) is 0 Å². The van der Waals surface area contributed by atoms with Gasteiger partial charge in [0, 0.05) is 43.2 Å².